The van der Waals surface area contributed by atoms with Crippen LogP contribution in [-0.2, 0) is 17.6 Å². The molecule has 2 aromatic rings. The molecule has 0 fully saturated rings. The Balaban J connectivity index is 2.78. The summed E-state index contributed by atoms with van der Waals surface area (Å²) in [7, 11) is 0. The highest BCUT2D eigenvalue weighted by atomic mass is 16.5. The number of hydrogen-bond acceptors (Lipinski definition) is 3. The first-order valence-corrected chi connectivity index (χ1v) is 7.88. The summed E-state index contributed by atoms with van der Waals surface area (Å²) in [5, 5.41) is 0. The number of ether oxygens (including phenoxy) is 1. The zero-order chi connectivity index (χ0) is 16.3. The molecule has 0 saturated carbocycles. The predicted octanol–water partition coefficient (Wildman–Crippen LogP) is 3.83. The monoisotopic (exact) mass is 301 g/mol. The molecule has 0 aliphatic carbocycles. The van der Waals surface area contributed by atoms with E-state index in [1.807, 2.05) is 23.6 Å². The van der Waals surface area contributed by atoms with E-state index in [0.717, 1.165) is 36.0 Å². The molecular weight excluding hydrogens is 278 g/mol. The Morgan fingerprint density at radius 3 is 2.50 bits per heavy atom. The van der Waals surface area contributed by atoms with Gasteiger partial charge in [-0.05, 0) is 44.4 Å². The molecule has 0 aliphatic rings. The van der Waals surface area contributed by atoms with Gasteiger partial charge in [0.2, 0.25) is 0 Å². The maximum atomic E-state index is 12.4. The fraction of sp³-hybridized carbons (Fsp3) is 0.444. The van der Waals surface area contributed by atoms with Crippen LogP contribution in [0.2, 0.25) is 0 Å². The highest BCUT2D eigenvalue weighted by Gasteiger charge is 2.23. The Hall–Kier alpha value is -2.10. The zero-order valence-electron chi connectivity index (χ0n) is 13.7. The van der Waals surface area contributed by atoms with Crippen LogP contribution in [0.4, 0.5) is 0 Å². The second-order valence-electron chi connectivity index (χ2n) is 5.35. The molecular formula is C18H23NO3. The Labute approximate surface area is 131 Å². The quantitative estimate of drug-likeness (QED) is 0.601. The van der Waals surface area contributed by atoms with E-state index >= 15 is 0 Å². The minimum absolute atomic E-state index is 0.00593. The number of aromatic nitrogens is 1. The van der Waals surface area contributed by atoms with Crippen molar-refractivity contribution in [3.05, 3.63) is 40.7 Å². The minimum Gasteiger partial charge on any atom is -0.462 e. The van der Waals surface area contributed by atoms with Gasteiger partial charge in [-0.15, -0.1) is 0 Å². The SMILES string of the molecule is CCCc1c(CC)c(C(=O)OCC)c2cc(C(C)=O)ccn12. The molecule has 0 amide bonds. The summed E-state index contributed by atoms with van der Waals surface area (Å²) in [5.74, 6) is -0.312. The van der Waals surface area contributed by atoms with Crippen molar-refractivity contribution in [2.45, 2.75) is 47.0 Å². The van der Waals surface area contributed by atoms with Crippen molar-refractivity contribution >= 4 is 17.3 Å². The van der Waals surface area contributed by atoms with Gasteiger partial charge in [0.1, 0.15) is 0 Å². The molecule has 4 nitrogen and oxygen atoms in total. The van der Waals surface area contributed by atoms with E-state index in [4.69, 9.17) is 4.74 Å². The molecule has 0 unspecified atom stereocenters. The standard InChI is InChI=1S/C18H23NO3/c1-5-8-15-14(6-2)17(18(21)22-7-3)16-11-13(12(4)20)9-10-19(15)16/h9-11H,5-8H2,1-4H3. The number of carbonyl (C=O) groups is 2. The lowest BCUT2D eigenvalue weighted by atomic mass is 10.0. The summed E-state index contributed by atoms with van der Waals surface area (Å²) in [6.07, 6.45) is 4.54. The zero-order valence-corrected chi connectivity index (χ0v) is 13.7. The molecule has 0 aromatic carbocycles. The fourth-order valence-corrected chi connectivity index (χ4v) is 2.91. The third-order valence-electron chi connectivity index (χ3n) is 3.88. The molecule has 4 heteroatoms. The number of fused-ring (bicyclic) bond motifs is 1. The highest BCUT2D eigenvalue weighted by molar-refractivity contribution is 6.02. The van der Waals surface area contributed by atoms with Crippen molar-refractivity contribution in [1.29, 1.82) is 0 Å². The second-order valence-corrected chi connectivity index (χ2v) is 5.35. The van der Waals surface area contributed by atoms with E-state index in [0.29, 0.717) is 17.7 Å². The number of nitrogens with zero attached hydrogens (tertiary/aromatic N) is 1. The van der Waals surface area contributed by atoms with E-state index in [1.165, 1.54) is 6.92 Å². The number of carbonyl (C=O) groups excluding carboxylic acids is 2. The van der Waals surface area contributed by atoms with Crippen LogP contribution in [0.25, 0.3) is 5.52 Å². The van der Waals surface area contributed by atoms with Gasteiger partial charge in [-0.2, -0.15) is 0 Å². The average Bonchev–Trinajstić information content (AvgIpc) is 2.81. The largest absolute Gasteiger partial charge is 0.462 e. The van der Waals surface area contributed by atoms with Crippen LogP contribution in [0.15, 0.2) is 18.3 Å². The van der Waals surface area contributed by atoms with Crippen LogP contribution in [0.1, 0.15) is 66.1 Å². The van der Waals surface area contributed by atoms with Gasteiger partial charge in [0.15, 0.2) is 5.78 Å². The number of rotatable bonds is 6. The molecule has 0 spiro atoms. The van der Waals surface area contributed by atoms with Gasteiger partial charge in [0.05, 0.1) is 17.7 Å². The van der Waals surface area contributed by atoms with Crippen LogP contribution in [0.5, 0.6) is 0 Å². The van der Waals surface area contributed by atoms with Gasteiger partial charge in [-0.25, -0.2) is 4.79 Å². The van der Waals surface area contributed by atoms with Gasteiger partial charge in [0.25, 0.3) is 0 Å². The average molecular weight is 301 g/mol. The van der Waals surface area contributed by atoms with Crippen LogP contribution in [0.3, 0.4) is 0 Å². The van der Waals surface area contributed by atoms with Gasteiger partial charge < -0.3 is 9.14 Å². The fourth-order valence-electron chi connectivity index (χ4n) is 2.91. The van der Waals surface area contributed by atoms with Crippen molar-refractivity contribution in [2.24, 2.45) is 0 Å². The number of esters is 1. The Kier molecular flexibility index (Phi) is 5.01. The Morgan fingerprint density at radius 2 is 1.95 bits per heavy atom. The third-order valence-corrected chi connectivity index (χ3v) is 3.88. The van der Waals surface area contributed by atoms with Crippen molar-refractivity contribution in [2.75, 3.05) is 6.61 Å². The Morgan fingerprint density at radius 1 is 1.23 bits per heavy atom. The number of Topliss-reactive ketones (excluding diaryl/α,β-unsaturated/α-hetero) is 1. The molecule has 2 heterocycles. The van der Waals surface area contributed by atoms with E-state index in [-0.39, 0.29) is 11.8 Å². The van der Waals surface area contributed by atoms with Gasteiger partial charge in [-0.3, -0.25) is 4.79 Å². The highest BCUT2D eigenvalue weighted by Crippen LogP contribution is 2.27. The first kappa shape index (κ1) is 16.3. The van der Waals surface area contributed by atoms with E-state index in [9.17, 15) is 9.59 Å². The molecule has 0 radical (unpaired) electrons. The summed E-state index contributed by atoms with van der Waals surface area (Å²) < 4.78 is 7.26. The second kappa shape index (κ2) is 6.77. The molecule has 0 atom stereocenters. The van der Waals surface area contributed by atoms with Gasteiger partial charge in [-0.1, -0.05) is 20.3 Å². The third kappa shape index (κ3) is 2.78. The lowest BCUT2D eigenvalue weighted by Crippen LogP contribution is -2.07. The van der Waals surface area contributed by atoms with Gasteiger partial charge in [0, 0.05) is 17.5 Å². The normalized spacial score (nSPS) is 10.9. The Bertz CT molecular complexity index is 713. The molecule has 118 valence electrons. The van der Waals surface area contributed by atoms with Crippen LogP contribution >= 0.6 is 0 Å². The molecule has 0 N–H and O–H groups in total. The van der Waals surface area contributed by atoms with Crippen molar-refractivity contribution in [3.63, 3.8) is 0 Å². The summed E-state index contributed by atoms with van der Waals surface area (Å²) in [6, 6.07) is 3.61. The lowest BCUT2D eigenvalue weighted by molar-refractivity contribution is 0.0527. The van der Waals surface area contributed by atoms with Gasteiger partial charge >= 0.3 is 5.97 Å². The van der Waals surface area contributed by atoms with Crippen LogP contribution in [0, 0.1) is 0 Å². The number of aryl methyl sites for hydroxylation is 1. The van der Waals surface area contributed by atoms with E-state index in [2.05, 4.69) is 6.92 Å². The van der Waals surface area contributed by atoms with Crippen molar-refractivity contribution < 1.29 is 14.3 Å². The molecule has 0 bridgehead atoms. The van der Waals surface area contributed by atoms with E-state index in [1.54, 1.807) is 13.0 Å². The molecule has 22 heavy (non-hydrogen) atoms. The maximum absolute atomic E-state index is 12.4. The smallest absolute Gasteiger partial charge is 0.340 e. The first-order chi connectivity index (χ1) is 10.5. The summed E-state index contributed by atoms with van der Waals surface area (Å²) in [4.78, 5) is 24.1. The summed E-state index contributed by atoms with van der Waals surface area (Å²) in [6.45, 7) is 7.84. The minimum atomic E-state index is -0.306. The molecule has 2 aromatic heterocycles. The summed E-state index contributed by atoms with van der Waals surface area (Å²) >= 11 is 0. The summed E-state index contributed by atoms with van der Waals surface area (Å²) in [5.41, 5.74) is 4.16. The maximum Gasteiger partial charge on any atom is 0.340 e. The topological polar surface area (TPSA) is 47.8 Å². The molecule has 2 rings (SSSR count). The van der Waals surface area contributed by atoms with E-state index < -0.39 is 0 Å². The number of ketones is 1. The molecule has 0 saturated heterocycles. The van der Waals surface area contributed by atoms with Crippen molar-refractivity contribution in [1.82, 2.24) is 4.40 Å². The van der Waals surface area contributed by atoms with Crippen molar-refractivity contribution in [3.8, 4) is 0 Å². The molecule has 0 aliphatic heterocycles. The lowest BCUT2D eigenvalue weighted by Gasteiger charge is -2.04. The van der Waals surface area contributed by atoms with Crippen LogP contribution in [-0.4, -0.2) is 22.8 Å². The first-order valence-electron chi connectivity index (χ1n) is 7.88. The number of hydrogen-bond donors (Lipinski definition) is 0. The van der Waals surface area contributed by atoms with Crippen LogP contribution < -0.4 is 0 Å². The predicted molar refractivity (Wildman–Crippen MR) is 86.7 cm³/mol. The number of pyridine rings is 1.